The maximum atomic E-state index is 12.4. The maximum Gasteiger partial charge on any atom is 0.251 e. The molecule has 4 nitrogen and oxygen atoms in total. The van der Waals surface area contributed by atoms with Crippen LogP contribution in [0.25, 0.3) is 0 Å². The molecule has 1 fully saturated rings. The van der Waals surface area contributed by atoms with Gasteiger partial charge >= 0.3 is 0 Å². The molecule has 2 rings (SSSR count). The van der Waals surface area contributed by atoms with Crippen LogP contribution in [0.5, 0.6) is 0 Å². The zero-order valence-electron chi connectivity index (χ0n) is 12.7. The number of pyridine rings is 1. The van der Waals surface area contributed by atoms with E-state index in [0.29, 0.717) is 11.6 Å². The monoisotopic (exact) mass is 275 g/mol. The number of hydrogen-bond acceptors (Lipinski definition) is 3. The van der Waals surface area contributed by atoms with E-state index in [1.54, 1.807) is 0 Å². The van der Waals surface area contributed by atoms with Crippen LogP contribution in [0.15, 0.2) is 12.1 Å². The number of rotatable bonds is 4. The van der Waals surface area contributed by atoms with E-state index in [9.17, 15) is 4.79 Å². The van der Waals surface area contributed by atoms with E-state index in [0.717, 1.165) is 36.7 Å². The molecule has 2 N–H and O–H groups in total. The quantitative estimate of drug-likeness (QED) is 0.888. The van der Waals surface area contributed by atoms with Crippen molar-refractivity contribution in [3.63, 3.8) is 0 Å². The Labute approximate surface area is 121 Å². The van der Waals surface area contributed by atoms with E-state index < -0.39 is 0 Å². The van der Waals surface area contributed by atoms with E-state index in [2.05, 4.69) is 22.5 Å². The fraction of sp³-hybridized carbons (Fsp3) is 0.625. The highest BCUT2D eigenvalue weighted by Gasteiger charge is 2.20. The van der Waals surface area contributed by atoms with Crippen molar-refractivity contribution < 1.29 is 4.79 Å². The molecule has 0 saturated heterocycles. The first-order valence-corrected chi connectivity index (χ1v) is 7.62. The van der Waals surface area contributed by atoms with Gasteiger partial charge in [-0.15, -0.1) is 0 Å². The summed E-state index contributed by atoms with van der Waals surface area (Å²) in [5, 5.41) is 6.18. The topological polar surface area (TPSA) is 54.0 Å². The Kier molecular flexibility index (Phi) is 4.99. The molecule has 0 spiro atoms. The number of carbonyl (C=O) groups is 1. The number of amides is 1. The Hall–Kier alpha value is -1.58. The minimum absolute atomic E-state index is 0.0261. The van der Waals surface area contributed by atoms with E-state index in [1.807, 2.05) is 26.1 Å². The lowest BCUT2D eigenvalue weighted by atomic mass is 9.87. The number of nitrogens with one attached hydrogen (secondary N) is 2. The van der Waals surface area contributed by atoms with E-state index >= 15 is 0 Å². The first-order valence-electron chi connectivity index (χ1n) is 7.62. The van der Waals surface area contributed by atoms with Crippen LogP contribution in [-0.4, -0.2) is 24.0 Å². The number of hydrogen-bond donors (Lipinski definition) is 2. The van der Waals surface area contributed by atoms with Gasteiger partial charge in [-0.25, -0.2) is 4.98 Å². The van der Waals surface area contributed by atoms with Crippen LogP contribution in [0.3, 0.4) is 0 Å². The molecular weight excluding hydrogens is 250 g/mol. The molecule has 0 aromatic carbocycles. The average Bonchev–Trinajstić information content (AvgIpc) is 2.48. The van der Waals surface area contributed by atoms with Crippen molar-refractivity contribution >= 4 is 11.7 Å². The molecule has 1 aromatic rings. The molecule has 1 heterocycles. The summed E-state index contributed by atoms with van der Waals surface area (Å²) in [7, 11) is 1.83. The van der Waals surface area contributed by atoms with Crippen molar-refractivity contribution in [2.75, 3.05) is 12.4 Å². The highest BCUT2D eigenvalue weighted by Crippen LogP contribution is 2.23. The third-order valence-corrected chi connectivity index (χ3v) is 4.11. The molecule has 0 unspecified atom stereocenters. The van der Waals surface area contributed by atoms with Crippen molar-refractivity contribution in [2.45, 2.75) is 52.0 Å². The van der Waals surface area contributed by atoms with Crippen LogP contribution in [0.4, 0.5) is 5.82 Å². The lowest BCUT2D eigenvalue weighted by Gasteiger charge is -2.27. The maximum absolute atomic E-state index is 12.4. The predicted octanol–water partition coefficient (Wildman–Crippen LogP) is 2.99. The summed E-state index contributed by atoms with van der Waals surface area (Å²) in [5.41, 5.74) is 1.65. The highest BCUT2D eigenvalue weighted by atomic mass is 16.1. The fourth-order valence-corrected chi connectivity index (χ4v) is 2.70. The van der Waals surface area contributed by atoms with Gasteiger partial charge in [0.15, 0.2) is 0 Å². The Morgan fingerprint density at radius 3 is 2.60 bits per heavy atom. The number of nitrogens with zero attached hydrogens (tertiary/aromatic N) is 1. The van der Waals surface area contributed by atoms with Gasteiger partial charge in [0.1, 0.15) is 5.82 Å². The van der Waals surface area contributed by atoms with E-state index in [-0.39, 0.29) is 5.91 Å². The van der Waals surface area contributed by atoms with E-state index in [4.69, 9.17) is 0 Å². The Balaban J connectivity index is 2.04. The number of anilines is 1. The highest BCUT2D eigenvalue weighted by molar-refractivity contribution is 5.95. The van der Waals surface area contributed by atoms with Crippen LogP contribution < -0.4 is 10.6 Å². The molecule has 1 aromatic heterocycles. The molecule has 20 heavy (non-hydrogen) atoms. The SMILES string of the molecule is CCc1cc(C(=O)NC2CCC(C)CC2)cc(NC)n1. The Bertz CT molecular complexity index is 443. The van der Waals surface area contributed by atoms with Crippen LogP contribution in [0.1, 0.15) is 55.6 Å². The van der Waals surface area contributed by atoms with Crippen molar-refractivity contribution in [1.29, 1.82) is 0 Å². The average molecular weight is 275 g/mol. The van der Waals surface area contributed by atoms with Gasteiger partial charge in [0.05, 0.1) is 0 Å². The molecule has 0 aliphatic heterocycles. The lowest BCUT2D eigenvalue weighted by Crippen LogP contribution is -2.37. The van der Waals surface area contributed by atoms with Crippen LogP contribution in [0.2, 0.25) is 0 Å². The summed E-state index contributed by atoms with van der Waals surface area (Å²) in [4.78, 5) is 16.8. The zero-order chi connectivity index (χ0) is 14.5. The van der Waals surface area contributed by atoms with Crippen molar-refractivity contribution in [3.8, 4) is 0 Å². The third-order valence-electron chi connectivity index (χ3n) is 4.11. The summed E-state index contributed by atoms with van der Waals surface area (Å²) < 4.78 is 0. The minimum Gasteiger partial charge on any atom is -0.373 e. The van der Waals surface area contributed by atoms with Crippen LogP contribution >= 0.6 is 0 Å². The zero-order valence-corrected chi connectivity index (χ0v) is 12.7. The molecule has 4 heteroatoms. The van der Waals surface area contributed by atoms with Crippen molar-refractivity contribution in [2.24, 2.45) is 5.92 Å². The van der Waals surface area contributed by atoms with Gasteiger partial charge in [0.2, 0.25) is 0 Å². The summed E-state index contributed by atoms with van der Waals surface area (Å²) in [5.74, 6) is 1.58. The predicted molar refractivity (Wildman–Crippen MR) is 82.0 cm³/mol. The molecular formula is C16H25N3O. The van der Waals surface area contributed by atoms with Crippen molar-refractivity contribution in [1.82, 2.24) is 10.3 Å². The summed E-state index contributed by atoms with van der Waals surface area (Å²) >= 11 is 0. The van der Waals surface area contributed by atoms with Crippen LogP contribution in [-0.2, 0) is 6.42 Å². The molecule has 110 valence electrons. The standard InChI is InChI=1S/C16H25N3O/c1-4-13-9-12(10-15(17-3)18-13)16(20)19-14-7-5-11(2)6-8-14/h9-11,14H,4-8H2,1-3H3,(H,17,18)(H,19,20). The second kappa shape index (κ2) is 6.73. The van der Waals surface area contributed by atoms with Gasteiger partial charge in [0, 0.05) is 24.3 Å². The number of aryl methyl sites for hydroxylation is 1. The van der Waals surface area contributed by atoms with Gasteiger partial charge in [-0.1, -0.05) is 13.8 Å². The molecule has 1 saturated carbocycles. The molecule has 0 bridgehead atoms. The summed E-state index contributed by atoms with van der Waals surface area (Å²) in [6.07, 6.45) is 5.44. The Morgan fingerprint density at radius 2 is 2.00 bits per heavy atom. The summed E-state index contributed by atoms with van der Waals surface area (Å²) in [6, 6.07) is 4.04. The second-order valence-electron chi connectivity index (χ2n) is 5.77. The minimum atomic E-state index is 0.0261. The smallest absolute Gasteiger partial charge is 0.251 e. The number of aromatic nitrogens is 1. The molecule has 0 radical (unpaired) electrons. The normalized spacial score (nSPS) is 22.4. The van der Waals surface area contributed by atoms with Crippen molar-refractivity contribution in [3.05, 3.63) is 23.4 Å². The molecule has 1 aliphatic carbocycles. The first kappa shape index (κ1) is 14.8. The van der Waals surface area contributed by atoms with Gasteiger partial charge in [-0.3, -0.25) is 4.79 Å². The van der Waals surface area contributed by atoms with E-state index in [1.165, 1.54) is 12.8 Å². The van der Waals surface area contributed by atoms with Gasteiger partial charge in [0.25, 0.3) is 5.91 Å². The largest absolute Gasteiger partial charge is 0.373 e. The second-order valence-corrected chi connectivity index (χ2v) is 5.77. The van der Waals surface area contributed by atoms with Crippen LogP contribution in [0, 0.1) is 5.92 Å². The summed E-state index contributed by atoms with van der Waals surface area (Å²) in [6.45, 7) is 4.33. The van der Waals surface area contributed by atoms with Gasteiger partial charge in [-0.05, 0) is 50.2 Å². The molecule has 1 amide bonds. The van der Waals surface area contributed by atoms with Gasteiger partial charge < -0.3 is 10.6 Å². The molecule has 1 aliphatic rings. The molecule has 0 atom stereocenters. The lowest BCUT2D eigenvalue weighted by molar-refractivity contribution is 0.0923. The number of carbonyl (C=O) groups excluding carboxylic acids is 1. The first-order chi connectivity index (χ1) is 9.62. The van der Waals surface area contributed by atoms with Gasteiger partial charge in [-0.2, -0.15) is 0 Å². The Morgan fingerprint density at radius 1 is 1.30 bits per heavy atom. The third kappa shape index (κ3) is 3.71. The fourth-order valence-electron chi connectivity index (χ4n) is 2.70.